The smallest absolute Gasteiger partial charge is 0.305 e. The van der Waals surface area contributed by atoms with Gasteiger partial charge in [-0.2, -0.15) is 0 Å². The van der Waals surface area contributed by atoms with Crippen molar-refractivity contribution in [1.29, 1.82) is 0 Å². The fourth-order valence-electron chi connectivity index (χ4n) is 1.12. The van der Waals surface area contributed by atoms with Crippen LogP contribution in [0.15, 0.2) is 5.16 Å². The van der Waals surface area contributed by atoms with E-state index in [2.05, 4.69) is 14.7 Å². The summed E-state index contributed by atoms with van der Waals surface area (Å²) in [6, 6.07) is 0. The molecule has 0 aromatic rings. The second-order valence-electron chi connectivity index (χ2n) is 3.28. The van der Waals surface area contributed by atoms with Crippen LogP contribution in [0.3, 0.4) is 0 Å². The summed E-state index contributed by atoms with van der Waals surface area (Å²) in [7, 11) is 1.28. The highest BCUT2D eigenvalue weighted by Gasteiger charge is 2.53. The number of oxime groups is 1. The minimum atomic E-state index is -2.00. The average molecular weight is 291 g/mol. The van der Waals surface area contributed by atoms with Crippen LogP contribution in [0.1, 0.15) is 19.3 Å². The zero-order valence-electron chi connectivity index (χ0n) is 8.37. The lowest BCUT2D eigenvalue weighted by Crippen LogP contribution is -2.42. The first-order valence-corrected chi connectivity index (χ1v) is 5.52. The molecule has 0 aromatic carbocycles. The van der Waals surface area contributed by atoms with Crippen molar-refractivity contribution in [3.63, 3.8) is 0 Å². The number of esters is 1. The average Bonchev–Trinajstić information content (AvgIpc) is 2.57. The number of alkyl halides is 3. The lowest BCUT2D eigenvalue weighted by atomic mass is 10.1. The van der Waals surface area contributed by atoms with Gasteiger partial charge in [0.05, 0.1) is 25.7 Å². The van der Waals surface area contributed by atoms with Gasteiger partial charge in [-0.05, 0) is 6.42 Å². The molecule has 5 nitrogen and oxygen atoms in total. The molecule has 1 rings (SSSR count). The molecule has 0 radical (unpaired) electrons. The Hall–Kier alpha value is -0.230. The minimum Gasteiger partial charge on any atom is -0.469 e. The number of ether oxygens (including phenoxy) is 1. The van der Waals surface area contributed by atoms with E-state index in [1.807, 2.05) is 0 Å². The molecule has 1 aliphatic rings. The van der Waals surface area contributed by atoms with Crippen molar-refractivity contribution >= 4 is 46.5 Å². The Labute approximate surface area is 107 Å². The van der Waals surface area contributed by atoms with Crippen molar-refractivity contribution in [2.75, 3.05) is 7.11 Å². The third kappa shape index (κ3) is 3.13. The van der Waals surface area contributed by atoms with E-state index in [0.717, 1.165) is 0 Å². The number of nitrogens with zero attached hydrogens (tertiary/aromatic N) is 1. The van der Waals surface area contributed by atoms with Crippen molar-refractivity contribution in [1.82, 2.24) is 0 Å². The minimum absolute atomic E-state index is 0.0551. The molecule has 1 unspecified atom stereocenters. The Morgan fingerprint density at radius 3 is 2.75 bits per heavy atom. The molecular formula is C8H10Cl3NO4. The molecule has 0 amide bonds. The summed E-state index contributed by atoms with van der Waals surface area (Å²) in [5.41, 5.74) is 0.444. The Bertz CT molecular complexity index is 315. The molecule has 1 N–H and O–H groups in total. The third-order valence-corrected chi connectivity index (χ3v) is 2.94. The van der Waals surface area contributed by atoms with Gasteiger partial charge in [0, 0.05) is 0 Å². The lowest BCUT2D eigenvalue weighted by Gasteiger charge is -2.26. The van der Waals surface area contributed by atoms with Gasteiger partial charge in [0.1, 0.15) is 0 Å². The molecule has 0 spiro atoms. The second kappa shape index (κ2) is 4.96. The summed E-state index contributed by atoms with van der Waals surface area (Å²) in [5, 5.41) is 13.3. The summed E-state index contributed by atoms with van der Waals surface area (Å²) in [6.45, 7) is 0. The predicted molar refractivity (Wildman–Crippen MR) is 59.6 cm³/mol. The SMILES string of the molecule is COC(=O)CCC1=NOC(O)(C(Cl)(Cl)Cl)C1. The molecule has 1 heterocycles. The largest absolute Gasteiger partial charge is 0.469 e. The van der Waals surface area contributed by atoms with Gasteiger partial charge in [-0.15, -0.1) is 0 Å². The standard InChI is InChI=1S/C8H10Cl3NO4/c1-15-6(13)3-2-5-4-7(14,16-12-5)8(9,10)11/h14H,2-4H2,1H3. The fourth-order valence-corrected chi connectivity index (χ4v) is 1.42. The number of halogens is 3. The number of hydrogen-bond acceptors (Lipinski definition) is 5. The van der Waals surface area contributed by atoms with Gasteiger partial charge in [0.2, 0.25) is 0 Å². The Morgan fingerprint density at radius 1 is 1.69 bits per heavy atom. The Balaban J connectivity index is 2.49. The van der Waals surface area contributed by atoms with Crippen LogP contribution < -0.4 is 0 Å². The Kier molecular flexibility index (Phi) is 4.29. The van der Waals surface area contributed by atoms with Crippen LogP contribution in [0.25, 0.3) is 0 Å². The number of hydrogen-bond donors (Lipinski definition) is 1. The van der Waals surface area contributed by atoms with E-state index in [0.29, 0.717) is 5.71 Å². The molecule has 0 fully saturated rings. The highest BCUT2D eigenvalue weighted by Crippen LogP contribution is 2.44. The van der Waals surface area contributed by atoms with Gasteiger partial charge in [-0.3, -0.25) is 4.79 Å². The molecular weight excluding hydrogens is 280 g/mol. The maximum absolute atomic E-state index is 10.9. The molecule has 0 bridgehead atoms. The predicted octanol–water partition coefficient (Wildman–Crippen LogP) is 1.77. The van der Waals surface area contributed by atoms with Crippen LogP contribution in [-0.4, -0.2) is 33.5 Å². The fraction of sp³-hybridized carbons (Fsp3) is 0.750. The quantitative estimate of drug-likeness (QED) is 0.635. The van der Waals surface area contributed by atoms with Crippen LogP contribution in [0.5, 0.6) is 0 Å². The number of carbonyl (C=O) groups excluding carboxylic acids is 1. The maximum atomic E-state index is 10.9. The summed E-state index contributed by atoms with van der Waals surface area (Å²) >= 11 is 16.6. The number of aliphatic hydroxyl groups is 1. The molecule has 0 aromatic heterocycles. The number of rotatable bonds is 3. The first kappa shape index (κ1) is 13.8. The zero-order valence-corrected chi connectivity index (χ0v) is 10.6. The molecule has 0 saturated carbocycles. The molecule has 8 heteroatoms. The topological polar surface area (TPSA) is 68.1 Å². The second-order valence-corrected chi connectivity index (χ2v) is 5.57. The van der Waals surface area contributed by atoms with Crippen LogP contribution in [-0.2, 0) is 14.4 Å². The highest BCUT2D eigenvalue weighted by atomic mass is 35.6. The van der Waals surface area contributed by atoms with Crippen molar-refractivity contribution in [3.05, 3.63) is 0 Å². The van der Waals surface area contributed by atoms with E-state index in [4.69, 9.17) is 34.8 Å². The first-order chi connectivity index (χ1) is 7.28. The van der Waals surface area contributed by atoms with Crippen LogP contribution in [0.4, 0.5) is 0 Å². The van der Waals surface area contributed by atoms with Gasteiger partial charge in [0.15, 0.2) is 0 Å². The van der Waals surface area contributed by atoms with E-state index < -0.39 is 9.58 Å². The van der Waals surface area contributed by atoms with Gasteiger partial charge < -0.3 is 14.7 Å². The van der Waals surface area contributed by atoms with Gasteiger partial charge in [-0.25, -0.2) is 0 Å². The van der Waals surface area contributed by atoms with Crippen molar-refractivity contribution in [3.8, 4) is 0 Å². The van der Waals surface area contributed by atoms with E-state index in [1.54, 1.807) is 0 Å². The van der Waals surface area contributed by atoms with Crippen LogP contribution in [0.2, 0.25) is 0 Å². The number of carbonyl (C=O) groups is 1. The molecule has 0 aliphatic carbocycles. The van der Waals surface area contributed by atoms with Gasteiger partial charge in [-0.1, -0.05) is 40.0 Å². The summed E-state index contributed by atoms with van der Waals surface area (Å²) in [4.78, 5) is 15.5. The molecule has 0 saturated heterocycles. The van der Waals surface area contributed by atoms with Gasteiger partial charge >= 0.3 is 5.97 Å². The first-order valence-electron chi connectivity index (χ1n) is 4.38. The molecule has 1 aliphatic heterocycles. The summed E-state index contributed by atoms with van der Waals surface area (Å²) in [5.74, 6) is -2.35. The molecule has 1 atom stereocenters. The van der Waals surface area contributed by atoms with Gasteiger partial charge in [0.25, 0.3) is 9.58 Å². The summed E-state index contributed by atoms with van der Waals surface area (Å²) < 4.78 is 2.46. The Morgan fingerprint density at radius 2 is 2.31 bits per heavy atom. The van der Waals surface area contributed by atoms with E-state index in [1.165, 1.54) is 7.11 Å². The third-order valence-electron chi connectivity index (χ3n) is 2.06. The summed E-state index contributed by atoms with van der Waals surface area (Å²) in [6.07, 6.45) is 0.366. The van der Waals surface area contributed by atoms with E-state index in [9.17, 15) is 9.90 Å². The number of methoxy groups -OCH3 is 1. The van der Waals surface area contributed by atoms with Crippen molar-refractivity contribution in [2.45, 2.75) is 28.8 Å². The van der Waals surface area contributed by atoms with Crippen molar-refractivity contribution < 1.29 is 19.5 Å². The lowest BCUT2D eigenvalue weighted by molar-refractivity contribution is -0.181. The molecule has 16 heavy (non-hydrogen) atoms. The monoisotopic (exact) mass is 289 g/mol. The van der Waals surface area contributed by atoms with Crippen LogP contribution in [0, 0.1) is 0 Å². The normalized spacial score (nSPS) is 24.9. The zero-order chi connectivity index (χ0) is 12.4. The van der Waals surface area contributed by atoms with Crippen molar-refractivity contribution in [2.24, 2.45) is 5.16 Å². The van der Waals surface area contributed by atoms with Crippen LogP contribution >= 0.6 is 34.8 Å². The highest BCUT2D eigenvalue weighted by molar-refractivity contribution is 6.68. The maximum Gasteiger partial charge on any atom is 0.305 e. The van der Waals surface area contributed by atoms with E-state index >= 15 is 0 Å². The van der Waals surface area contributed by atoms with E-state index in [-0.39, 0.29) is 25.2 Å². The molecule has 92 valence electrons.